The van der Waals surface area contributed by atoms with E-state index < -0.39 is 84.4 Å². The van der Waals surface area contributed by atoms with Gasteiger partial charge in [0.2, 0.25) is 0 Å². The second-order valence-electron chi connectivity index (χ2n) is 18.0. The van der Waals surface area contributed by atoms with Gasteiger partial charge in [-0.3, -0.25) is 9.93 Å². The number of nitrogens with zero attached hydrogens (tertiary/aromatic N) is 3. The molecule has 0 saturated carbocycles. The number of carbonyl (C=O) groups excluding carboxylic acids is 1. The highest BCUT2D eigenvalue weighted by Crippen LogP contribution is 2.37. The van der Waals surface area contributed by atoms with E-state index in [2.05, 4.69) is 24.4 Å². The van der Waals surface area contributed by atoms with E-state index in [0.29, 0.717) is 32.3 Å². The van der Waals surface area contributed by atoms with Crippen LogP contribution in [-0.4, -0.2) is 66.1 Å². The van der Waals surface area contributed by atoms with E-state index >= 15 is 0 Å². The summed E-state index contributed by atoms with van der Waals surface area (Å²) in [6.07, 6.45) is -9.61. The zero-order valence-corrected chi connectivity index (χ0v) is 43.3. The Morgan fingerprint density at radius 3 is 1.07 bits per heavy atom. The number of pyridine rings is 3. The first-order valence-corrected chi connectivity index (χ1v) is 24.9. The third-order valence-corrected chi connectivity index (χ3v) is 14.1. The molecule has 4 N–H and O–H groups in total. The van der Waals surface area contributed by atoms with Crippen molar-refractivity contribution in [1.82, 2.24) is 24.4 Å². The summed E-state index contributed by atoms with van der Waals surface area (Å²) in [4.78, 5) is 22.6. The maximum atomic E-state index is 13.4. The number of aromatic nitrogens is 3. The van der Waals surface area contributed by atoms with Crippen LogP contribution in [0.5, 0.6) is 0 Å². The Hall–Kier alpha value is -3.87. The first kappa shape index (κ1) is 60.4. The summed E-state index contributed by atoms with van der Waals surface area (Å²) in [5.41, 5.74) is -0.456. The van der Waals surface area contributed by atoms with Gasteiger partial charge in [0.05, 0.1) is 47.2 Å². The lowest BCUT2D eigenvalue weighted by atomic mass is 10.0. The molecule has 0 bridgehead atoms. The fourth-order valence-electron chi connectivity index (χ4n) is 5.26. The summed E-state index contributed by atoms with van der Waals surface area (Å²) >= 11 is 17.2. The highest BCUT2D eigenvalue weighted by Gasteiger charge is 2.44. The van der Waals surface area contributed by atoms with Crippen LogP contribution in [0.2, 0.25) is 15.5 Å². The predicted molar refractivity (Wildman–Crippen MR) is 262 cm³/mol. The Kier molecular flexibility index (Phi) is 20.5. The average Bonchev–Trinajstić information content (AvgIpc) is 3.22. The quantitative estimate of drug-likeness (QED) is 0.0816. The highest BCUT2D eigenvalue weighted by molar-refractivity contribution is 7.84. The lowest BCUT2D eigenvalue weighted by Gasteiger charge is -2.26. The molecule has 384 valence electrons. The number of hydrogen-bond donors (Lipinski definition) is 3. The molecule has 5 atom stereocenters. The topological polar surface area (TPSA) is 157 Å². The van der Waals surface area contributed by atoms with E-state index in [1.165, 1.54) is 79.3 Å². The van der Waals surface area contributed by atoms with Gasteiger partial charge >= 0.3 is 18.5 Å². The molecule has 0 spiro atoms. The van der Waals surface area contributed by atoms with Crippen LogP contribution in [0.4, 0.5) is 39.5 Å². The van der Waals surface area contributed by atoms with E-state index in [9.17, 15) is 56.9 Å². The van der Waals surface area contributed by atoms with Crippen molar-refractivity contribution in [1.29, 1.82) is 0 Å². The van der Waals surface area contributed by atoms with Crippen molar-refractivity contribution < 1.29 is 56.9 Å². The molecule has 70 heavy (non-hydrogen) atoms. The zero-order valence-electron chi connectivity index (χ0n) is 38.6. The second-order valence-corrected chi connectivity index (χ2v) is 25.0. The number of ketones is 1. The molecule has 10 nitrogen and oxygen atoms in total. The van der Waals surface area contributed by atoms with Crippen molar-refractivity contribution in [2.75, 3.05) is 0 Å². The molecule has 6 aromatic rings. The van der Waals surface area contributed by atoms with Gasteiger partial charge in [-0.05, 0) is 126 Å². The van der Waals surface area contributed by atoms with Crippen LogP contribution in [0, 0.1) is 0 Å². The molecule has 0 unspecified atom stereocenters. The number of halogens is 12. The lowest BCUT2D eigenvalue weighted by molar-refractivity contribution is -0.153. The van der Waals surface area contributed by atoms with Crippen molar-refractivity contribution in [3.05, 3.63) is 124 Å². The first-order valence-electron chi connectivity index (χ1n) is 20.2. The Balaban J connectivity index is 0.000000262. The molecule has 3 aromatic heterocycles. The van der Waals surface area contributed by atoms with Crippen LogP contribution in [0.3, 0.4) is 0 Å². The van der Waals surface area contributed by atoms with E-state index in [-0.39, 0.29) is 31.3 Å². The molecular weight excluding hydrogens is 1060 g/mol. The Labute approximate surface area is 420 Å². The van der Waals surface area contributed by atoms with Gasteiger partial charge in [0.1, 0.15) is 27.5 Å². The van der Waals surface area contributed by atoms with Crippen LogP contribution in [0.15, 0.2) is 91.4 Å². The maximum Gasteiger partial charge on any atom is 0.454 e. The third kappa shape index (κ3) is 18.3. The summed E-state index contributed by atoms with van der Waals surface area (Å²) in [5, 5.41) is 9.10. The van der Waals surface area contributed by atoms with Gasteiger partial charge in [0.15, 0.2) is 0 Å². The predicted octanol–water partition coefficient (Wildman–Crippen LogP) is 13.1. The monoisotopic (exact) mass is 1110 g/mol. The number of benzene rings is 3. The van der Waals surface area contributed by atoms with E-state index in [4.69, 9.17) is 39.9 Å². The normalized spacial score (nSPS) is 14.8. The summed E-state index contributed by atoms with van der Waals surface area (Å²) in [7, 11) is -4.90. The molecular formula is C45H48Cl3F9N6O4S3. The molecule has 0 aliphatic carbocycles. The molecule has 0 aliphatic heterocycles. The van der Waals surface area contributed by atoms with Crippen molar-refractivity contribution >= 4 is 106 Å². The molecule has 25 heteroatoms. The van der Waals surface area contributed by atoms with E-state index in [1.807, 2.05) is 20.8 Å². The molecule has 3 aromatic carbocycles. The van der Waals surface area contributed by atoms with Gasteiger partial charge in [0.25, 0.3) is 5.78 Å². The highest BCUT2D eigenvalue weighted by atomic mass is 35.5. The summed E-state index contributed by atoms with van der Waals surface area (Å²) in [6.45, 7) is 15.1. The fraction of sp³-hybridized carbons (Fsp3) is 0.378. The minimum absolute atomic E-state index is 0.0233. The number of Topliss-reactive ketones (excluding diaryl/α,β-unsaturated/α-hetero) is 1. The zero-order chi connectivity index (χ0) is 53.5. The van der Waals surface area contributed by atoms with Crippen LogP contribution >= 0.6 is 34.8 Å². The number of rotatable bonds is 7. The third-order valence-electron chi connectivity index (χ3n) is 9.12. The van der Waals surface area contributed by atoms with Crippen LogP contribution in [-0.2, 0) is 33.0 Å². The standard InChI is InChI=1S/2C15H16ClF3N2OS.C11H5ClF3NO.C4H11NOS/c2*1-14(2,3)23(22)21-13(15(17,18)19)9-4-5-10-8-20-12(16)7-11(10)6-9;12-9-4-8-3-6(10(17)11(13,14)15)1-2-7(8)5-16-9;1-4(2,3)7(5)6/h2*4-8,13,21H,1-3H3;1-5H;5H2,1-3H3/t13-,23+;13-,23-;;7-/m01.1/s1. The molecule has 0 aliphatic rings. The summed E-state index contributed by atoms with van der Waals surface area (Å²) < 4.78 is 154. The Morgan fingerprint density at radius 2 is 0.800 bits per heavy atom. The molecule has 0 radical (unpaired) electrons. The van der Waals surface area contributed by atoms with Crippen molar-refractivity contribution in [2.45, 2.75) is 107 Å². The number of carbonyl (C=O) groups is 1. The van der Waals surface area contributed by atoms with Crippen LogP contribution in [0.1, 0.15) is 95.9 Å². The Morgan fingerprint density at radius 1 is 0.500 bits per heavy atom. The minimum atomic E-state index is -4.87. The van der Waals surface area contributed by atoms with Crippen LogP contribution in [0.25, 0.3) is 32.3 Å². The number of nitrogens with one attached hydrogen (secondary N) is 2. The molecule has 6 rings (SSSR count). The largest absolute Gasteiger partial charge is 0.454 e. The van der Waals surface area contributed by atoms with E-state index in [0.717, 1.165) is 12.1 Å². The second kappa shape index (κ2) is 23.8. The lowest BCUT2D eigenvalue weighted by Crippen LogP contribution is -2.41. The van der Waals surface area contributed by atoms with Gasteiger partial charge < -0.3 is 0 Å². The molecule has 0 fully saturated rings. The van der Waals surface area contributed by atoms with Gasteiger partial charge in [-0.25, -0.2) is 37.0 Å². The first-order chi connectivity index (χ1) is 31.8. The summed E-state index contributed by atoms with van der Waals surface area (Å²) in [5.74, 6) is -1.87. The van der Waals surface area contributed by atoms with Gasteiger partial charge in [-0.2, -0.15) is 39.5 Å². The summed E-state index contributed by atoms with van der Waals surface area (Å²) in [6, 6.07) is 12.5. The minimum Gasteiger partial charge on any atom is -0.284 e. The number of fused-ring (bicyclic) bond motifs is 3. The number of alkyl halides is 9. The van der Waals surface area contributed by atoms with Gasteiger partial charge in [-0.1, -0.05) is 71.2 Å². The Bertz CT molecular complexity index is 2740. The molecule has 0 amide bonds. The maximum absolute atomic E-state index is 13.4. The number of nitrogens with two attached hydrogens (primary N) is 1. The van der Waals surface area contributed by atoms with Gasteiger partial charge in [-0.15, -0.1) is 0 Å². The molecule has 0 saturated heterocycles. The van der Waals surface area contributed by atoms with Crippen molar-refractivity contribution in [3.63, 3.8) is 0 Å². The average molecular weight is 1110 g/mol. The van der Waals surface area contributed by atoms with Crippen molar-refractivity contribution in [2.24, 2.45) is 5.14 Å². The molecule has 3 heterocycles. The fourth-order valence-corrected chi connectivity index (χ4v) is 7.43. The van der Waals surface area contributed by atoms with Gasteiger partial charge in [0, 0.05) is 40.3 Å². The SMILES string of the molecule is CC(C)(C)[S@@](=O)N[C@@H](c1ccc2cnc(Cl)cc2c1)C(F)(F)F.CC(C)(C)[S@@](=O)N[C@H](c1ccc2cnc(Cl)cc2c1)C(F)(F)F.CC(C)(C)[S@](N)=O.O=C(c1ccc2cnc(Cl)cc2c1)C(F)(F)F. The van der Waals surface area contributed by atoms with Crippen molar-refractivity contribution in [3.8, 4) is 0 Å². The number of hydrogen-bond acceptors (Lipinski definition) is 7. The smallest absolute Gasteiger partial charge is 0.284 e. The van der Waals surface area contributed by atoms with E-state index in [1.54, 1.807) is 41.5 Å². The van der Waals surface area contributed by atoms with Crippen LogP contribution < -0.4 is 14.6 Å².